The Bertz CT molecular complexity index is 1220. The Morgan fingerprint density at radius 3 is 2.21 bits per heavy atom. The number of thiazole rings is 1. The number of anilines is 1. The summed E-state index contributed by atoms with van der Waals surface area (Å²) in [5, 5.41) is 2.31. The lowest BCUT2D eigenvalue weighted by Gasteiger charge is -2.13. The summed E-state index contributed by atoms with van der Waals surface area (Å²) in [6.45, 7) is 1.97. The second-order valence-electron chi connectivity index (χ2n) is 7.87. The number of aromatic nitrogens is 1. The lowest BCUT2D eigenvalue weighted by atomic mass is 10.1. The molecule has 0 unspecified atom stereocenters. The largest absolute Gasteiger partial charge is 0.434 e. The molecule has 0 atom stereocenters. The SMILES string of the molecule is Cc1ccc(C(=O)Nc2nc(C(F)(F)F)c(CCCCN3C(=O)c4ccccc4C3=O)s2)cc1. The fraction of sp³-hybridized carbons (Fsp3) is 0.250. The predicted octanol–water partition coefficient (Wildman–Crippen LogP) is 5.34. The van der Waals surface area contributed by atoms with E-state index in [1.54, 1.807) is 48.5 Å². The number of aryl methyl sites for hydroxylation is 2. The molecule has 1 aromatic heterocycles. The standard InChI is InChI=1S/C24H20F3N3O3S/c1-14-9-11-15(12-10-14)20(31)29-23-28-19(24(25,26)27)18(34-23)8-4-5-13-30-21(32)16-6-2-3-7-17(16)22(30)33/h2-3,6-7,9-12H,4-5,8,13H2,1H3,(H,28,29,31). The highest BCUT2D eigenvalue weighted by molar-refractivity contribution is 7.15. The summed E-state index contributed by atoms with van der Waals surface area (Å²) in [6, 6.07) is 13.1. The van der Waals surface area contributed by atoms with Crippen LogP contribution in [0.1, 0.15) is 60.1 Å². The molecule has 0 bridgehead atoms. The fourth-order valence-electron chi connectivity index (χ4n) is 3.67. The van der Waals surface area contributed by atoms with Crippen molar-refractivity contribution in [3.05, 3.63) is 81.4 Å². The van der Waals surface area contributed by atoms with E-state index < -0.39 is 29.6 Å². The average Bonchev–Trinajstić information content (AvgIpc) is 3.31. The molecule has 4 rings (SSSR count). The van der Waals surface area contributed by atoms with Gasteiger partial charge >= 0.3 is 6.18 Å². The van der Waals surface area contributed by atoms with Crippen LogP contribution < -0.4 is 5.32 Å². The minimum Gasteiger partial charge on any atom is -0.298 e. The number of nitrogens with one attached hydrogen (secondary N) is 1. The zero-order chi connectivity index (χ0) is 24.5. The van der Waals surface area contributed by atoms with Crippen molar-refractivity contribution in [2.45, 2.75) is 32.4 Å². The summed E-state index contributed by atoms with van der Waals surface area (Å²) in [5.74, 6) is -1.33. The molecule has 176 valence electrons. The second-order valence-corrected chi connectivity index (χ2v) is 8.96. The number of benzene rings is 2. The molecule has 10 heteroatoms. The first-order valence-electron chi connectivity index (χ1n) is 10.6. The topological polar surface area (TPSA) is 79.4 Å². The van der Waals surface area contributed by atoms with Crippen molar-refractivity contribution in [1.82, 2.24) is 9.88 Å². The summed E-state index contributed by atoms with van der Waals surface area (Å²) >= 11 is 0.776. The second kappa shape index (κ2) is 9.38. The van der Waals surface area contributed by atoms with E-state index in [0.717, 1.165) is 21.8 Å². The van der Waals surface area contributed by atoms with Crippen LogP contribution in [0.4, 0.5) is 18.3 Å². The van der Waals surface area contributed by atoms with Gasteiger partial charge in [0.05, 0.1) is 11.1 Å². The number of hydrogen-bond donors (Lipinski definition) is 1. The van der Waals surface area contributed by atoms with Crippen LogP contribution in [0.5, 0.6) is 0 Å². The van der Waals surface area contributed by atoms with Gasteiger partial charge in [0.2, 0.25) is 0 Å². The zero-order valence-corrected chi connectivity index (χ0v) is 18.9. The molecule has 3 aromatic rings. The average molecular weight is 488 g/mol. The number of nitrogens with zero attached hydrogens (tertiary/aromatic N) is 2. The van der Waals surface area contributed by atoms with E-state index in [0.29, 0.717) is 29.5 Å². The summed E-state index contributed by atoms with van der Waals surface area (Å²) < 4.78 is 40.5. The number of amides is 3. The molecule has 0 saturated carbocycles. The van der Waals surface area contributed by atoms with Crippen LogP contribution in [-0.4, -0.2) is 34.2 Å². The molecule has 34 heavy (non-hydrogen) atoms. The third-order valence-electron chi connectivity index (χ3n) is 5.41. The van der Waals surface area contributed by atoms with Crippen molar-refractivity contribution in [3.8, 4) is 0 Å². The van der Waals surface area contributed by atoms with E-state index in [1.165, 1.54) is 0 Å². The van der Waals surface area contributed by atoms with Gasteiger partial charge < -0.3 is 0 Å². The number of imide groups is 1. The van der Waals surface area contributed by atoms with Crippen molar-refractivity contribution in [2.75, 3.05) is 11.9 Å². The first-order chi connectivity index (χ1) is 16.1. The molecule has 3 amide bonds. The normalized spacial score (nSPS) is 13.4. The lowest BCUT2D eigenvalue weighted by Crippen LogP contribution is -2.30. The molecule has 2 heterocycles. The van der Waals surface area contributed by atoms with Crippen LogP contribution in [0.3, 0.4) is 0 Å². The molecule has 1 N–H and O–H groups in total. The van der Waals surface area contributed by atoms with Gasteiger partial charge in [0.15, 0.2) is 10.8 Å². The minimum absolute atomic E-state index is 0.00549. The number of fused-ring (bicyclic) bond motifs is 1. The summed E-state index contributed by atoms with van der Waals surface area (Å²) in [6.07, 6.45) is -3.97. The van der Waals surface area contributed by atoms with E-state index >= 15 is 0 Å². The summed E-state index contributed by atoms with van der Waals surface area (Å²) in [7, 11) is 0. The highest BCUT2D eigenvalue weighted by atomic mass is 32.1. The van der Waals surface area contributed by atoms with Crippen LogP contribution in [0.25, 0.3) is 0 Å². The molecule has 0 spiro atoms. The van der Waals surface area contributed by atoms with E-state index in [9.17, 15) is 27.6 Å². The number of halogens is 3. The van der Waals surface area contributed by atoms with Crippen molar-refractivity contribution in [3.63, 3.8) is 0 Å². The van der Waals surface area contributed by atoms with Gasteiger partial charge in [0, 0.05) is 17.0 Å². The first-order valence-corrected chi connectivity index (χ1v) is 11.4. The monoisotopic (exact) mass is 487 g/mol. The van der Waals surface area contributed by atoms with Crippen LogP contribution in [0.15, 0.2) is 48.5 Å². The molecule has 1 aliphatic heterocycles. The Morgan fingerprint density at radius 1 is 1.00 bits per heavy atom. The van der Waals surface area contributed by atoms with Crippen LogP contribution in [0.2, 0.25) is 0 Å². The van der Waals surface area contributed by atoms with Crippen LogP contribution in [-0.2, 0) is 12.6 Å². The summed E-state index contributed by atoms with van der Waals surface area (Å²) in [5.41, 5.74) is 0.912. The zero-order valence-electron chi connectivity index (χ0n) is 18.1. The van der Waals surface area contributed by atoms with Gasteiger partial charge in [-0.05, 0) is 50.5 Å². The van der Waals surface area contributed by atoms with Crippen molar-refractivity contribution < 1.29 is 27.6 Å². The van der Waals surface area contributed by atoms with Gasteiger partial charge in [-0.3, -0.25) is 24.6 Å². The maximum Gasteiger partial charge on any atom is 0.434 e. The maximum absolute atomic E-state index is 13.5. The van der Waals surface area contributed by atoms with E-state index in [2.05, 4.69) is 10.3 Å². The Labute approximate surface area is 197 Å². The van der Waals surface area contributed by atoms with Gasteiger partial charge in [-0.15, -0.1) is 11.3 Å². The highest BCUT2D eigenvalue weighted by Gasteiger charge is 2.38. The van der Waals surface area contributed by atoms with E-state index in [4.69, 9.17) is 0 Å². The smallest absolute Gasteiger partial charge is 0.298 e. The molecule has 0 saturated heterocycles. The number of hydrogen-bond acceptors (Lipinski definition) is 5. The summed E-state index contributed by atoms with van der Waals surface area (Å²) in [4.78, 5) is 41.9. The van der Waals surface area contributed by atoms with Crippen LogP contribution in [0, 0.1) is 6.92 Å². The van der Waals surface area contributed by atoms with Gasteiger partial charge in [0.1, 0.15) is 0 Å². The van der Waals surface area contributed by atoms with Gasteiger partial charge in [-0.25, -0.2) is 4.98 Å². The van der Waals surface area contributed by atoms with Crippen molar-refractivity contribution in [2.24, 2.45) is 0 Å². The molecule has 0 fully saturated rings. The number of carbonyl (C=O) groups is 3. The van der Waals surface area contributed by atoms with Gasteiger partial charge in [-0.1, -0.05) is 29.8 Å². The number of carbonyl (C=O) groups excluding carboxylic acids is 3. The predicted molar refractivity (Wildman–Crippen MR) is 121 cm³/mol. The molecule has 6 nitrogen and oxygen atoms in total. The highest BCUT2D eigenvalue weighted by Crippen LogP contribution is 2.37. The molecular formula is C24H20F3N3O3S. The number of rotatable bonds is 7. The Hall–Kier alpha value is -3.53. The molecule has 0 aliphatic carbocycles. The van der Waals surface area contributed by atoms with Crippen LogP contribution >= 0.6 is 11.3 Å². The Kier molecular flexibility index (Phi) is 6.52. The fourth-order valence-corrected chi connectivity index (χ4v) is 4.69. The molecule has 1 aliphatic rings. The number of unbranched alkanes of at least 4 members (excludes halogenated alkanes) is 1. The molecule has 2 aromatic carbocycles. The lowest BCUT2D eigenvalue weighted by molar-refractivity contribution is -0.141. The van der Waals surface area contributed by atoms with Crippen molar-refractivity contribution in [1.29, 1.82) is 0 Å². The van der Waals surface area contributed by atoms with E-state index in [1.807, 2.05) is 6.92 Å². The van der Waals surface area contributed by atoms with E-state index in [-0.39, 0.29) is 23.0 Å². The molecular weight excluding hydrogens is 467 g/mol. The quantitative estimate of drug-likeness (QED) is 0.360. The van der Waals surface area contributed by atoms with Crippen molar-refractivity contribution >= 4 is 34.2 Å². The first kappa shape index (κ1) is 23.6. The Balaban J connectivity index is 1.39. The van der Waals surface area contributed by atoms with Gasteiger partial charge in [-0.2, -0.15) is 13.2 Å². The number of alkyl halides is 3. The third kappa shape index (κ3) is 4.86. The third-order valence-corrected chi connectivity index (χ3v) is 6.44. The molecule has 0 radical (unpaired) electrons. The maximum atomic E-state index is 13.5. The Morgan fingerprint density at radius 2 is 1.62 bits per heavy atom. The minimum atomic E-state index is -4.67. The van der Waals surface area contributed by atoms with Gasteiger partial charge in [0.25, 0.3) is 17.7 Å².